The summed E-state index contributed by atoms with van der Waals surface area (Å²) in [5.74, 6) is 0.507. The predicted octanol–water partition coefficient (Wildman–Crippen LogP) is 2.08. The van der Waals surface area contributed by atoms with E-state index >= 15 is 0 Å². The molecule has 0 atom stereocenters. The lowest BCUT2D eigenvalue weighted by Gasteiger charge is -2.09. The molecular formula is C10H13NO2. The van der Waals surface area contributed by atoms with Gasteiger partial charge in [-0.3, -0.25) is 4.79 Å². The van der Waals surface area contributed by atoms with Gasteiger partial charge in [-0.2, -0.15) is 0 Å². The van der Waals surface area contributed by atoms with E-state index < -0.39 is 0 Å². The number of phenols is 1. The molecule has 1 aromatic carbocycles. The highest BCUT2D eigenvalue weighted by Crippen LogP contribution is 2.27. The van der Waals surface area contributed by atoms with Gasteiger partial charge in [0, 0.05) is 11.8 Å². The summed E-state index contributed by atoms with van der Waals surface area (Å²) >= 11 is 0. The molecule has 0 radical (unpaired) electrons. The van der Waals surface area contributed by atoms with Gasteiger partial charge < -0.3 is 10.4 Å². The van der Waals surface area contributed by atoms with Crippen molar-refractivity contribution < 1.29 is 9.90 Å². The minimum atomic E-state index is 0.224. The second-order valence-corrected chi connectivity index (χ2v) is 3.19. The summed E-state index contributed by atoms with van der Waals surface area (Å²) in [6.45, 7) is 4.00. The largest absolute Gasteiger partial charge is 0.508 e. The van der Waals surface area contributed by atoms with Crippen molar-refractivity contribution in [3.05, 3.63) is 23.8 Å². The first-order chi connectivity index (χ1) is 6.15. The summed E-state index contributed by atoms with van der Waals surface area (Å²) in [6.07, 6.45) is 0.587. The van der Waals surface area contributed by atoms with E-state index in [1.165, 1.54) is 0 Å². The van der Waals surface area contributed by atoms with Gasteiger partial charge in [-0.25, -0.2) is 0 Å². The van der Waals surface area contributed by atoms with Gasteiger partial charge in [0.15, 0.2) is 0 Å². The summed E-state index contributed by atoms with van der Waals surface area (Å²) in [5.41, 5.74) is 1.49. The summed E-state index contributed by atoms with van der Waals surface area (Å²) in [7, 11) is 0. The van der Waals surface area contributed by atoms with Gasteiger partial charge in [-0.15, -0.1) is 0 Å². The normalized spacial score (nSPS) is 10.1. The number of hydrogen-bond donors (Lipinski definition) is 2. The molecule has 0 aliphatic carbocycles. The molecule has 1 aromatic rings. The fourth-order valence-electron chi connectivity index (χ4n) is 1.19. The number of phenolic OH excluding ortho intramolecular Hbond substituents is 1. The summed E-state index contributed by atoms with van der Waals surface area (Å²) < 4.78 is 0. The third-order valence-corrected chi connectivity index (χ3v) is 1.88. The third-order valence-electron chi connectivity index (χ3n) is 1.88. The summed E-state index contributed by atoms with van der Waals surface area (Å²) in [6, 6.07) is 5.12. The second kappa shape index (κ2) is 3.94. The van der Waals surface area contributed by atoms with E-state index in [1.807, 2.05) is 19.9 Å². The quantitative estimate of drug-likeness (QED) is 0.698. The first kappa shape index (κ1) is 9.58. The van der Waals surface area contributed by atoms with Crippen LogP contribution in [0.2, 0.25) is 0 Å². The number of benzene rings is 1. The van der Waals surface area contributed by atoms with E-state index in [1.54, 1.807) is 12.1 Å². The van der Waals surface area contributed by atoms with Gasteiger partial charge in [0.05, 0.1) is 0 Å². The molecule has 2 N–H and O–H groups in total. The van der Waals surface area contributed by atoms with Crippen LogP contribution in [0.3, 0.4) is 0 Å². The van der Waals surface area contributed by atoms with Crippen molar-refractivity contribution in [1.82, 2.24) is 0 Å². The Morgan fingerprint density at radius 2 is 2.15 bits per heavy atom. The molecule has 3 heteroatoms. The van der Waals surface area contributed by atoms with Crippen LogP contribution in [0.5, 0.6) is 5.75 Å². The van der Waals surface area contributed by atoms with Crippen molar-refractivity contribution >= 4 is 12.1 Å². The van der Waals surface area contributed by atoms with E-state index in [0.29, 0.717) is 12.1 Å². The van der Waals surface area contributed by atoms with Gasteiger partial charge in [0.1, 0.15) is 5.75 Å². The zero-order chi connectivity index (χ0) is 9.84. The monoisotopic (exact) mass is 179 g/mol. The fraction of sp³-hybridized carbons (Fsp3) is 0.300. The first-order valence-electron chi connectivity index (χ1n) is 4.18. The number of carbonyl (C=O) groups is 1. The van der Waals surface area contributed by atoms with Crippen LogP contribution in [-0.2, 0) is 4.79 Å². The second-order valence-electron chi connectivity index (χ2n) is 3.19. The maximum Gasteiger partial charge on any atom is 0.211 e. The van der Waals surface area contributed by atoms with Crippen LogP contribution < -0.4 is 5.32 Å². The molecule has 1 rings (SSSR count). The number of rotatable bonds is 3. The fourth-order valence-corrected chi connectivity index (χ4v) is 1.19. The van der Waals surface area contributed by atoms with Gasteiger partial charge >= 0.3 is 0 Å². The van der Waals surface area contributed by atoms with Gasteiger partial charge in [0.2, 0.25) is 6.41 Å². The minimum absolute atomic E-state index is 0.224. The lowest BCUT2D eigenvalue weighted by Crippen LogP contribution is -1.95. The molecule has 1 amide bonds. The van der Waals surface area contributed by atoms with Crippen LogP contribution in [0.15, 0.2) is 18.2 Å². The van der Waals surface area contributed by atoms with E-state index in [4.69, 9.17) is 0 Å². The van der Waals surface area contributed by atoms with Crippen LogP contribution in [0.1, 0.15) is 25.3 Å². The van der Waals surface area contributed by atoms with Crippen molar-refractivity contribution in [3.8, 4) is 5.75 Å². The number of hydrogen-bond acceptors (Lipinski definition) is 2. The molecule has 0 saturated heterocycles. The minimum Gasteiger partial charge on any atom is -0.508 e. The zero-order valence-corrected chi connectivity index (χ0v) is 7.74. The topological polar surface area (TPSA) is 49.3 Å². The lowest BCUT2D eigenvalue weighted by atomic mass is 10.0. The molecule has 0 aliphatic rings. The number of aromatic hydroxyl groups is 1. The maximum absolute atomic E-state index is 10.1. The number of nitrogens with one attached hydrogen (secondary N) is 1. The highest BCUT2D eigenvalue weighted by atomic mass is 16.3. The average Bonchev–Trinajstić information content (AvgIpc) is 2.04. The standard InChI is InChI=1S/C10H13NO2/c1-7(2)9-4-3-8(11-6-12)5-10(9)13/h3-7,13H,1-2H3,(H,11,12). The molecule has 0 fully saturated rings. The highest BCUT2D eigenvalue weighted by Gasteiger charge is 2.05. The molecule has 0 bridgehead atoms. The Hall–Kier alpha value is -1.51. The molecule has 3 nitrogen and oxygen atoms in total. The molecule has 0 spiro atoms. The van der Waals surface area contributed by atoms with E-state index in [9.17, 15) is 9.90 Å². The van der Waals surface area contributed by atoms with Crippen molar-refractivity contribution in [2.24, 2.45) is 0 Å². The Balaban J connectivity index is 2.98. The molecule has 0 aliphatic heterocycles. The van der Waals surface area contributed by atoms with Gasteiger partial charge in [-0.1, -0.05) is 19.9 Å². The SMILES string of the molecule is CC(C)c1ccc(NC=O)cc1O. The summed E-state index contributed by atoms with van der Waals surface area (Å²) in [5, 5.41) is 12.0. The van der Waals surface area contributed by atoms with Crippen molar-refractivity contribution in [1.29, 1.82) is 0 Å². The molecule has 0 aromatic heterocycles. The third kappa shape index (κ3) is 2.21. The van der Waals surface area contributed by atoms with Crippen LogP contribution >= 0.6 is 0 Å². The van der Waals surface area contributed by atoms with Crippen molar-refractivity contribution in [2.75, 3.05) is 5.32 Å². The first-order valence-corrected chi connectivity index (χ1v) is 4.18. The summed E-state index contributed by atoms with van der Waals surface area (Å²) in [4.78, 5) is 10.1. The molecule has 13 heavy (non-hydrogen) atoms. The smallest absolute Gasteiger partial charge is 0.211 e. The number of amides is 1. The molecule has 70 valence electrons. The molecule has 0 saturated carbocycles. The maximum atomic E-state index is 10.1. The Labute approximate surface area is 77.4 Å². The van der Waals surface area contributed by atoms with Crippen LogP contribution in [0.25, 0.3) is 0 Å². The van der Waals surface area contributed by atoms with Crippen LogP contribution in [0, 0.1) is 0 Å². The zero-order valence-electron chi connectivity index (χ0n) is 7.74. The van der Waals surface area contributed by atoms with Crippen LogP contribution in [0.4, 0.5) is 5.69 Å². The Kier molecular flexibility index (Phi) is 2.90. The predicted molar refractivity (Wildman–Crippen MR) is 51.9 cm³/mol. The molecule has 0 unspecified atom stereocenters. The Bertz CT molecular complexity index is 308. The lowest BCUT2D eigenvalue weighted by molar-refractivity contribution is -0.105. The number of anilines is 1. The van der Waals surface area contributed by atoms with Gasteiger partial charge in [0.25, 0.3) is 0 Å². The average molecular weight is 179 g/mol. The molecule has 0 heterocycles. The molecular weight excluding hydrogens is 166 g/mol. The van der Waals surface area contributed by atoms with Crippen molar-refractivity contribution in [3.63, 3.8) is 0 Å². The highest BCUT2D eigenvalue weighted by molar-refractivity contribution is 5.72. The Morgan fingerprint density at radius 1 is 1.46 bits per heavy atom. The van der Waals surface area contributed by atoms with E-state index in [-0.39, 0.29) is 11.7 Å². The Morgan fingerprint density at radius 3 is 2.62 bits per heavy atom. The van der Waals surface area contributed by atoms with E-state index in [2.05, 4.69) is 5.32 Å². The van der Waals surface area contributed by atoms with Crippen molar-refractivity contribution in [2.45, 2.75) is 19.8 Å². The van der Waals surface area contributed by atoms with E-state index in [0.717, 1.165) is 5.56 Å². The van der Waals surface area contributed by atoms with Crippen LogP contribution in [-0.4, -0.2) is 11.5 Å². The van der Waals surface area contributed by atoms with Gasteiger partial charge in [-0.05, 0) is 17.5 Å². The number of carbonyl (C=O) groups excluding carboxylic acids is 1.